The van der Waals surface area contributed by atoms with Crippen LogP contribution < -0.4 is 10.5 Å². The molecule has 0 spiro atoms. The molecule has 0 fully saturated rings. The minimum atomic E-state index is -3.83. The summed E-state index contributed by atoms with van der Waals surface area (Å²) in [5, 5.41) is 8.09. The summed E-state index contributed by atoms with van der Waals surface area (Å²) in [6, 6.07) is 11.2. The van der Waals surface area contributed by atoms with Gasteiger partial charge in [-0.25, -0.2) is 17.9 Å². The van der Waals surface area contributed by atoms with Gasteiger partial charge in [0.2, 0.25) is 10.0 Å². The number of hydrogen-bond donors (Lipinski definition) is 2. The number of nitrogens with one attached hydrogen (secondary N) is 1. The SMILES string of the molecule is CCOP(=O)(OCC)C(Nc1ccc(S(N)(=O)=O)cc1)c1cccc(F)c1. The van der Waals surface area contributed by atoms with Gasteiger partial charge in [0, 0.05) is 5.69 Å². The van der Waals surface area contributed by atoms with Gasteiger partial charge in [-0.2, -0.15) is 0 Å². The Kier molecular flexibility index (Phi) is 7.13. The lowest BCUT2D eigenvalue weighted by Crippen LogP contribution is -2.16. The Bertz CT molecular complexity index is 911. The van der Waals surface area contributed by atoms with Crippen molar-refractivity contribution < 1.29 is 26.4 Å². The number of nitrogens with two attached hydrogens (primary N) is 1. The average Bonchev–Trinajstić information content (AvgIpc) is 2.59. The summed E-state index contributed by atoms with van der Waals surface area (Å²) < 4.78 is 60.6. The molecule has 0 heterocycles. The van der Waals surface area contributed by atoms with Gasteiger partial charge in [-0.1, -0.05) is 12.1 Å². The van der Waals surface area contributed by atoms with Crippen LogP contribution in [0.5, 0.6) is 0 Å². The van der Waals surface area contributed by atoms with E-state index < -0.39 is 29.2 Å². The predicted octanol–water partition coefficient (Wildman–Crippen LogP) is 3.85. The van der Waals surface area contributed by atoms with Crippen LogP contribution in [0.15, 0.2) is 53.4 Å². The van der Waals surface area contributed by atoms with Crippen LogP contribution in [-0.2, 0) is 23.6 Å². The maximum absolute atomic E-state index is 13.7. The van der Waals surface area contributed by atoms with E-state index >= 15 is 0 Å². The quantitative estimate of drug-likeness (QED) is 0.601. The third kappa shape index (κ3) is 5.60. The summed E-state index contributed by atoms with van der Waals surface area (Å²) in [5.74, 6) is -1.49. The first kappa shape index (κ1) is 21.5. The van der Waals surface area contributed by atoms with Gasteiger partial charge in [0.1, 0.15) is 5.82 Å². The molecule has 2 rings (SSSR count). The Morgan fingerprint density at radius 1 is 1.11 bits per heavy atom. The van der Waals surface area contributed by atoms with E-state index in [2.05, 4.69) is 5.32 Å². The molecule has 0 bridgehead atoms. The zero-order valence-electron chi connectivity index (χ0n) is 15.0. The third-order valence-electron chi connectivity index (χ3n) is 3.58. The molecule has 0 amide bonds. The van der Waals surface area contributed by atoms with Gasteiger partial charge in [0.25, 0.3) is 0 Å². The van der Waals surface area contributed by atoms with E-state index in [-0.39, 0.29) is 18.1 Å². The van der Waals surface area contributed by atoms with Gasteiger partial charge < -0.3 is 14.4 Å². The molecule has 1 unspecified atom stereocenters. The highest BCUT2D eigenvalue weighted by molar-refractivity contribution is 7.89. The van der Waals surface area contributed by atoms with Crippen molar-refractivity contribution in [2.45, 2.75) is 24.5 Å². The van der Waals surface area contributed by atoms with Crippen molar-refractivity contribution in [3.63, 3.8) is 0 Å². The summed E-state index contributed by atoms with van der Waals surface area (Å²) in [6.45, 7) is 3.62. The molecule has 0 saturated carbocycles. The molecule has 2 aromatic carbocycles. The summed E-state index contributed by atoms with van der Waals surface area (Å²) in [7, 11) is -7.53. The van der Waals surface area contributed by atoms with Crippen LogP contribution in [0.3, 0.4) is 0 Å². The molecular weight excluding hydrogens is 394 g/mol. The largest absolute Gasteiger partial charge is 0.368 e. The fraction of sp³-hybridized carbons (Fsp3) is 0.294. The number of sulfonamides is 1. The summed E-state index contributed by atoms with van der Waals surface area (Å²) in [4.78, 5) is -0.0619. The van der Waals surface area contributed by atoms with E-state index in [9.17, 15) is 17.4 Å². The van der Waals surface area contributed by atoms with Crippen molar-refractivity contribution in [3.8, 4) is 0 Å². The molecule has 0 aliphatic rings. The minimum absolute atomic E-state index is 0.0619. The molecule has 0 radical (unpaired) electrons. The highest BCUT2D eigenvalue weighted by atomic mass is 32.2. The fourth-order valence-corrected chi connectivity index (χ4v) is 4.91. The second-order valence-corrected chi connectivity index (χ2v) is 9.22. The highest BCUT2D eigenvalue weighted by Crippen LogP contribution is 2.60. The summed E-state index contributed by atoms with van der Waals surface area (Å²) in [6.07, 6.45) is 0. The van der Waals surface area contributed by atoms with Gasteiger partial charge in [-0.15, -0.1) is 0 Å². The van der Waals surface area contributed by atoms with Crippen molar-refractivity contribution in [2.75, 3.05) is 18.5 Å². The monoisotopic (exact) mass is 416 g/mol. The van der Waals surface area contributed by atoms with Gasteiger partial charge in [0.15, 0.2) is 5.78 Å². The van der Waals surface area contributed by atoms with Crippen LogP contribution in [0.25, 0.3) is 0 Å². The molecule has 2 aromatic rings. The third-order valence-corrected chi connectivity index (χ3v) is 6.81. The van der Waals surface area contributed by atoms with Crippen molar-refractivity contribution in [3.05, 3.63) is 59.9 Å². The number of anilines is 1. The van der Waals surface area contributed by atoms with Crippen molar-refractivity contribution in [1.82, 2.24) is 0 Å². The number of hydrogen-bond acceptors (Lipinski definition) is 6. The van der Waals surface area contributed by atoms with E-state index in [4.69, 9.17) is 14.2 Å². The normalized spacial score (nSPS) is 13.3. The minimum Gasteiger partial charge on any atom is -0.368 e. The molecule has 0 aliphatic heterocycles. The maximum atomic E-state index is 13.7. The second-order valence-electron chi connectivity index (χ2n) is 5.55. The van der Waals surface area contributed by atoms with E-state index in [0.717, 1.165) is 0 Å². The lowest BCUT2D eigenvalue weighted by Gasteiger charge is -2.28. The number of halogens is 1. The molecule has 0 aliphatic carbocycles. The fourth-order valence-electron chi connectivity index (χ4n) is 2.47. The van der Waals surface area contributed by atoms with Crippen LogP contribution in [0.1, 0.15) is 25.2 Å². The second kappa shape index (κ2) is 8.95. The lowest BCUT2D eigenvalue weighted by atomic mass is 10.2. The van der Waals surface area contributed by atoms with E-state index in [1.807, 2.05) is 0 Å². The Hall–Kier alpha value is -1.77. The summed E-state index contributed by atoms with van der Waals surface area (Å²) in [5.41, 5.74) is 0.812. The standard InChI is InChI=1S/C17H22FN2O5PS/c1-3-24-26(21,25-4-2)17(13-6-5-7-14(18)12-13)20-15-8-10-16(11-9-15)27(19,22)23/h5-12,17,20H,3-4H2,1-2H3,(H2,19,22,23). The van der Waals surface area contributed by atoms with Crippen LogP contribution >= 0.6 is 7.60 Å². The van der Waals surface area contributed by atoms with Crippen LogP contribution in [0, 0.1) is 5.82 Å². The molecule has 10 heteroatoms. The predicted molar refractivity (Wildman–Crippen MR) is 101 cm³/mol. The molecular formula is C17H22FN2O5PS. The van der Waals surface area contributed by atoms with Gasteiger partial charge in [0.05, 0.1) is 18.1 Å². The van der Waals surface area contributed by atoms with Crippen LogP contribution in [-0.4, -0.2) is 21.6 Å². The Labute approximate surface area is 158 Å². The first-order chi connectivity index (χ1) is 12.7. The van der Waals surface area contributed by atoms with Gasteiger partial charge in [-0.3, -0.25) is 4.57 Å². The van der Waals surface area contributed by atoms with E-state index in [1.54, 1.807) is 19.9 Å². The lowest BCUT2D eigenvalue weighted by molar-refractivity contribution is 0.214. The topological polar surface area (TPSA) is 108 Å². The first-order valence-electron chi connectivity index (χ1n) is 8.23. The van der Waals surface area contributed by atoms with Crippen molar-refractivity contribution >= 4 is 23.3 Å². The number of rotatable bonds is 9. The van der Waals surface area contributed by atoms with Crippen LogP contribution in [0.4, 0.5) is 10.1 Å². The van der Waals surface area contributed by atoms with Crippen LogP contribution in [0.2, 0.25) is 0 Å². The number of primary sulfonamides is 1. The molecule has 27 heavy (non-hydrogen) atoms. The zero-order chi connectivity index (χ0) is 20.1. The smallest absolute Gasteiger partial charge is 0.357 e. The summed E-state index contributed by atoms with van der Waals surface area (Å²) >= 11 is 0. The van der Waals surface area contributed by atoms with E-state index in [0.29, 0.717) is 11.3 Å². The van der Waals surface area contributed by atoms with Crippen molar-refractivity contribution in [1.29, 1.82) is 0 Å². The Morgan fingerprint density at radius 2 is 1.70 bits per heavy atom. The first-order valence-corrected chi connectivity index (χ1v) is 11.4. The number of benzene rings is 2. The molecule has 3 N–H and O–H groups in total. The molecule has 7 nitrogen and oxygen atoms in total. The molecule has 148 valence electrons. The highest BCUT2D eigenvalue weighted by Gasteiger charge is 2.37. The van der Waals surface area contributed by atoms with Crippen molar-refractivity contribution in [2.24, 2.45) is 5.14 Å². The average molecular weight is 416 g/mol. The molecule has 0 saturated heterocycles. The van der Waals surface area contributed by atoms with E-state index in [1.165, 1.54) is 42.5 Å². The Balaban J connectivity index is 2.45. The molecule has 1 atom stereocenters. The Morgan fingerprint density at radius 3 is 2.19 bits per heavy atom. The zero-order valence-corrected chi connectivity index (χ0v) is 16.7. The van der Waals surface area contributed by atoms with Gasteiger partial charge in [-0.05, 0) is 55.8 Å². The molecule has 0 aromatic heterocycles. The van der Waals surface area contributed by atoms with Gasteiger partial charge >= 0.3 is 7.60 Å². The maximum Gasteiger partial charge on any atom is 0.357 e.